The van der Waals surface area contributed by atoms with Crippen LogP contribution in [0.3, 0.4) is 0 Å². The molecule has 18 heavy (non-hydrogen) atoms. The van der Waals surface area contributed by atoms with Gasteiger partial charge in [0.1, 0.15) is 5.76 Å². The largest absolute Gasteiger partial charge is 0.486 e. The molecule has 0 aromatic carbocycles. The van der Waals surface area contributed by atoms with E-state index in [0.717, 1.165) is 17.0 Å². The Morgan fingerprint density at radius 1 is 1.28 bits per heavy atom. The Morgan fingerprint density at radius 3 is 2.94 bits per heavy atom. The number of rotatable bonds is 1. The molecule has 3 rings (SSSR count). The van der Waals surface area contributed by atoms with Gasteiger partial charge in [-0.1, -0.05) is 6.08 Å². The summed E-state index contributed by atoms with van der Waals surface area (Å²) in [5, 5.41) is 6.91. The highest BCUT2D eigenvalue weighted by Gasteiger charge is 2.28. The Kier molecular flexibility index (Phi) is 2.62. The van der Waals surface area contributed by atoms with Crippen LogP contribution in [0.1, 0.15) is 19.3 Å². The van der Waals surface area contributed by atoms with E-state index in [0.29, 0.717) is 19.3 Å². The number of nitrogens with one attached hydrogen (secondary N) is 2. The van der Waals surface area contributed by atoms with Crippen LogP contribution in [0.4, 0.5) is 0 Å². The van der Waals surface area contributed by atoms with Crippen LogP contribution >= 0.6 is 0 Å². The van der Waals surface area contributed by atoms with E-state index < -0.39 is 0 Å². The number of carbonyl (C=O) groups is 2. The zero-order valence-corrected chi connectivity index (χ0v) is 9.73. The molecular weight excluding hydrogens is 234 g/mol. The van der Waals surface area contributed by atoms with Gasteiger partial charge in [0.2, 0.25) is 5.91 Å². The van der Waals surface area contributed by atoms with Crippen LogP contribution in [-0.2, 0) is 14.3 Å². The molecule has 1 fully saturated rings. The van der Waals surface area contributed by atoms with Crippen LogP contribution in [0.2, 0.25) is 0 Å². The van der Waals surface area contributed by atoms with Gasteiger partial charge in [-0.05, 0) is 18.1 Å². The molecule has 0 saturated carbocycles. The fourth-order valence-electron chi connectivity index (χ4n) is 2.21. The van der Waals surface area contributed by atoms with E-state index in [4.69, 9.17) is 4.74 Å². The van der Waals surface area contributed by atoms with E-state index in [1.165, 1.54) is 0 Å². The normalized spacial score (nSPS) is 26.9. The number of hydrogen-bond donors (Lipinski definition) is 2. The van der Waals surface area contributed by atoms with Gasteiger partial charge >= 0.3 is 0 Å². The summed E-state index contributed by atoms with van der Waals surface area (Å²) >= 11 is 0. The van der Waals surface area contributed by atoms with Crippen LogP contribution < -0.4 is 10.7 Å². The summed E-state index contributed by atoms with van der Waals surface area (Å²) < 4.78 is 5.40. The molecule has 2 N–H and O–H groups in total. The van der Waals surface area contributed by atoms with Crippen LogP contribution in [0.15, 0.2) is 28.6 Å². The SMILES string of the molecule is O=C1CCC(C2=CCC3NC(=O)COC3=C2)=NN1. The third-order valence-electron chi connectivity index (χ3n) is 3.16. The molecule has 94 valence electrons. The lowest BCUT2D eigenvalue weighted by atomic mass is 9.94. The second-order valence-corrected chi connectivity index (χ2v) is 4.44. The predicted molar refractivity (Wildman–Crippen MR) is 63.5 cm³/mol. The number of amides is 2. The lowest BCUT2D eigenvalue weighted by Gasteiger charge is -2.29. The number of morpholine rings is 1. The van der Waals surface area contributed by atoms with E-state index >= 15 is 0 Å². The maximum Gasteiger partial charge on any atom is 0.258 e. The van der Waals surface area contributed by atoms with Crippen molar-refractivity contribution in [2.24, 2.45) is 5.10 Å². The van der Waals surface area contributed by atoms with Gasteiger partial charge in [-0.3, -0.25) is 9.59 Å². The van der Waals surface area contributed by atoms with Crippen molar-refractivity contribution >= 4 is 17.5 Å². The highest BCUT2D eigenvalue weighted by atomic mass is 16.5. The number of ether oxygens (including phenoxy) is 1. The van der Waals surface area contributed by atoms with Gasteiger partial charge in [0.05, 0.1) is 11.8 Å². The quantitative estimate of drug-likeness (QED) is 0.683. The Labute approximate surface area is 104 Å². The first-order chi connectivity index (χ1) is 8.72. The summed E-state index contributed by atoms with van der Waals surface area (Å²) in [6.45, 7) is 0.0683. The van der Waals surface area contributed by atoms with Crippen LogP contribution in [0, 0.1) is 0 Å². The molecule has 0 spiro atoms. The molecule has 1 unspecified atom stereocenters. The molecule has 0 aromatic heterocycles. The summed E-state index contributed by atoms with van der Waals surface area (Å²) in [7, 11) is 0. The van der Waals surface area contributed by atoms with E-state index in [1.807, 2.05) is 12.2 Å². The van der Waals surface area contributed by atoms with Crippen molar-refractivity contribution in [2.45, 2.75) is 25.3 Å². The molecule has 2 aliphatic heterocycles. The summed E-state index contributed by atoms with van der Waals surface area (Å²) in [5.74, 6) is 0.629. The number of fused-ring (bicyclic) bond motifs is 1. The number of hydrogen-bond acceptors (Lipinski definition) is 4. The van der Waals surface area contributed by atoms with Gasteiger partial charge in [0.25, 0.3) is 5.91 Å². The maximum atomic E-state index is 11.2. The summed E-state index contributed by atoms with van der Waals surface area (Å²) in [4.78, 5) is 22.2. The molecular formula is C12H13N3O3. The van der Waals surface area contributed by atoms with Crippen molar-refractivity contribution in [2.75, 3.05) is 6.61 Å². The lowest BCUT2D eigenvalue weighted by Crippen LogP contribution is -2.45. The summed E-state index contributed by atoms with van der Waals surface area (Å²) in [5.41, 5.74) is 4.31. The summed E-state index contributed by atoms with van der Waals surface area (Å²) in [6.07, 6.45) is 5.70. The molecule has 6 heteroatoms. The number of hydrazone groups is 1. The van der Waals surface area contributed by atoms with Gasteiger partial charge in [0.15, 0.2) is 6.61 Å². The van der Waals surface area contributed by atoms with Crippen LogP contribution in [-0.4, -0.2) is 30.2 Å². The van der Waals surface area contributed by atoms with E-state index in [1.54, 1.807) is 0 Å². The highest BCUT2D eigenvalue weighted by molar-refractivity contribution is 6.06. The molecule has 0 radical (unpaired) electrons. The molecule has 1 aliphatic carbocycles. The van der Waals surface area contributed by atoms with Crippen LogP contribution in [0.5, 0.6) is 0 Å². The third-order valence-corrected chi connectivity index (χ3v) is 3.16. The molecule has 6 nitrogen and oxygen atoms in total. The summed E-state index contributed by atoms with van der Waals surface area (Å²) in [6, 6.07) is -0.0613. The molecule has 2 amide bonds. The Balaban J connectivity index is 1.78. The average Bonchev–Trinajstić information content (AvgIpc) is 2.39. The Hall–Kier alpha value is -2.11. The maximum absolute atomic E-state index is 11.2. The minimum atomic E-state index is -0.0868. The fourth-order valence-corrected chi connectivity index (χ4v) is 2.21. The van der Waals surface area contributed by atoms with Gasteiger partial charge < -0.3 is 10.1 Å². The molecule has 0 bridgehead atoms. The van der Waals surface area contributed by atoms with Crippen molar-refractivity contribution in [3.8, 4) is 0 Å². The molecule has 0 aromatic rings. The first-order valence-corrected chi connectivity index (χ1v) is 5.92. The average molecular weight is 247 g/mol. The van der Waals surface area contributed by atoms with Gasteiger partial charge in [-0.2, -0.15) is 5.10 Å². The standard InChI is InChI=1S/C12H13N3O3/c16-11-4-3-8(14-15-11)7-1-2-9-10(5-7)18-6-12(17)13-9/h1,5,9H,2-4,6H2,(H,13,17)(H,15,16). The van der Waals surface area contributed by atoms with Crippen molar-refractivity contribution in [1.82, 2.24) is 10.7 Å². The second-order valence-electron chi connectivity index (χ2n) is 4.44. The zero-order chi connectivity index (χ0) is 12.5. The van der Waals surface area contributed by atoms with Crippen molar-refractivity contribution in [1.29, 1.82) is 0 Å². The van der Waals surface area contributed by atoms with E-state index in [-0.39, 0.29) is 24.5 Å². The lowest BCUT2D eigenvalue weighted by molar-refractivity contribution is -0.128. The Morgan fingerprint density at radius 2 is 2.17 bits per heavy atom. The number of allylic oxidation sites excluding steroid dienone is 2. The molecule has 1 atom stereocenters. The fraction of sp³-hybridized carbons (Fsp3) is 0.417. The van der Waals surface area contributed by atoms with Crippen molar-refractivity contribution in [3.05, 3.63) is 23.5 Å². The van der Waals surface area contributed by atoms with Crippen molar-refractivity contribution in [3.63, 3.8) is 0 Å². The van der Waals surface area contributed by atoms with Crippen LogP contribution in [0.25, 0.3) is 0 Å². The molecule has 1 saturated heterocycles. The molecule has 2 heterocycles. The molecule has 3 aliphatic rings. The van der Waals surface area contributed by atoms with Crippen molar-refractivity contribution < 1.29 is 14.3 Å². The van der Waals surface area contributed by atoms with E-state index in [2.05, 4.69) is 15.8 Å². The third kappa shape index (κ3) is 2.01. The topological polar surface area (TPSA) is 79.8 Å². The first-order valence-electron chi connectivity index (χ1n) is 5.92. The second kappa shape index (κ2) is 4.29. The minimum absolute atomic E-state index is 0.0538. The smallest absolute Gasteiger partial charge is 0.258 e. The highest BCUT2D eigenvalue weighted by Crippen LogP contribution is 2.24. The predicted octanol–water partition coefficient (Wildman–Crippen LogP) is -0.0186. The Bertz CT molecular complexity index is 505. The minimum Gasteiger partial charge on any atom is -0.486 e. The first kappa shape index (κ1) is 11.0. The van der Waals surface area contributed by atoms with Gasteiger partial charge in [0, 0.05) is 12.8 Å². The van der Waals surface area contributed by atoms with E-state index in [9.17, 15) is 9.59 Å². The van der Waals surface area contributed by atoms with Gasteiger partial charge in [-0.15, -0.1) is 0 Å². The monoisotopic (exact) mass is 247 g/mol. The van der Waals surface area contributed by atoms with Gasteiger partial charge in [-0.25, -0.2) is 5.43 Å². The number of carbonyl (C=O) groups excluding carboxylic acids is 2. The number of nitrogens with zero attached hydrogens (tertiary/aromatic N) is 1. The zero-order valence-electron chi connectivity index (χ0n) is 9.73.